The highest BCUT2D eigenvalue weighted by Gasteiger charge is 2.31. The number of rotatable bonds is 4. The number of pyridine rings is 1. The highest BCUT2D eigenvalue weighted by Crippen LogP contribution is 2.32. The molecule has 5 aromatic rings. The number of aromatic amines is 1. The minimum Gasteiger partial charge on any atom is -0.383 e. The van der Waals surface area contributed by atoms with Crippen LogP contribution >= 0.6 is 12.4 Å². The van der Waals surface area contributed by atoms with Gasteiger partial charge in [-0.15, -0.1) is 12.4 Å². The Bertz CT molecular complexity index is 1500. The minimum atomic E-state index is -4.54. The summed E-state index contributed by atoms with van der Waals surface area (Å²) in [7, 11) is 0. The Kier molecular flexibility index (Phi) is 6.14. The fraction of sp³-hybridized carbons (Fsp3) is 0.0455. The molecule has 35 heavy (non-hydrogen) atoms. The zero-order valence-corrected chi connectivity index (χ0v) is 18.4. The number of nitrogens with one attached hydrogen (secondary N) is 2. The molecule has 0 radical (unpaired) electrons. The molecular weight excluding hydrogens is 485 g/mol. The molecule has 4 heterocycles. The number of aromatic nitrogens is 6. The monoisotopic (exact) mass is 500 g/mol. The van der Waals surface area contributed by atoms with Crippen molar-refractivity contribution in [1.29, 1.82) is 0 Å². The van der Waals surface area contributed by atoms with Gasteiger partial charge in [0.05, 0.1) is 16.6 Å². The molecule has 4 N–H and O–H groups in total. The highest BCUT2D eigenvalue weighted by atomic mass is 35.5. The van der Waals surface area contributed by atoms with E-state index in [4.69, 9.17) is 5.73 Å². The van der Waals surface area contributed by atoms with Gasteiger partial charge in [0.15, 0.2) is 5.65 Å². The van der Waals surface area contributed by atoms with Gasteiger partial charge in [-0.1, -0.05) is 12.1 Å². The fourth-order valence-electron chi connectivity index (χ4n) is 3.45. The fourth-order valence-corrected chi connectivity index (χ4v) is 3.45. The Hall–Kier alpha value is -4.45. The van der Waals surface area contributed by atoms with Crippen molar-refractivity contribution >= 4 is 41.0 Å². The summed E-state index contributed by atoms with van der Waals surface area (Å²) in [6.45, 7) is 0. The number of H-pyrrole nitrogens is 1. The average molecular weight is 501 g/mol. The molecule has 0 aliphatic heterocycles. The molecule has 0 unspecified atom stereocenters. The van der Waals surface area contributed by atoms with Crippen molar-refractivity contribution in [3.8, 4) is 16.9 Å². The predicted molar refractivity (Wildman–Crippen MR) is 125 cm³/mol. The van der Waals surface area contributed by atoms with Gasteiger partial charge in [-0.2, -0.15) is 18.3 Å². The number of alkyl halides is 3. The summed E-state index contributed by atoms with van der Waals surface area (Å²) in [5.41, 5.74) is 7.85. The lowest BCUT2D eigenvalue weighted by Gasteiger charge is -2.09. The number of nitrogen functional groups attached to an aromatic ring is 1. The van der Waals surface area contributed by atoms with Crippen molar-refractivity contribution in [2.45, 2.75) is 6.18 Å². The van der Waals surface area contributed by atoms with Gasteiger partial charge >= 0.3 is 6.18 Å². The summed E-state index contributed by atoms with van der Waals surface area (Å²) < 4.78 is 40.3. The number of hydrogen-bond acceptors (Lipinski definition) is 6. The molecule has 13 heteroatoms. The SMILES string of the molecule is Cl.Nc1ncnc2c1c(-c1ccc(C(=O)Nc3cc(C(F)(F)F)ccn3)cc1)nn2-c1cc[nH]c1. The third-order valence-corrected chi connectivity index (χ3v) is 5.07. The van der Waals surface area contributed by atoms with Crippen molar-refractivity contribution < 1.29 is 18.0 Å². The molecule has 4 aromatic heterocycles. The van der Waals surface area contributed by atoms with Crippen LogP contribution in [0.1, 0.15) is 15.9 Å². The third kappa shape index (κ3) is 4.51. The second-order valence-electron chi connectivity index (χ2n) is 7.25. The molecule has 1 amide bonds. The molecule has 0 aliphatic rings. The number of benzene rings is 1. The van der Waals surface area contributed by atoms with Gasteiger partial charge in [0.25, 0.3) is 5.91 Å². The standard InChI is InChI=1S/C22H15F3N8O.ClH/c23-22(24,25)14-5-8-28-16(9-14)31-21(34)13-3-1-12(2-4-13)18-17-19(26)29-11-30-20(17)33(32-18)15-6-7-27-10-15;/h1-11,27H,(H2,26,29,30)(H,28,31,34);1H. The molecule has 0 fully saturated rings. The minimum absolute atomic E-state index is 0. The van der Waals surface area contributed by atoms with E-state index >= 15 is 0 Å². The van der Waals surface area contributed by atoms with Crippen molar-refractivity contribution in [3.63, 3.8) is 0 Å². The first-order valence-corrected chi connectivity index (χ1v) is 9.88. The van der Waals surface area contributed by atoms with Gasteiger partial charge in [-0.3, -0.25) is 4.79 Å². The predicted octanol–water partition coefficient (Wildman–Crippen LogP) is 4.48. The molecule has 0 aliphatic carbocycles. The van der Waals surface area contributed by atoms with E-state index in [0.717, 1.165) is 24.0 Å². The van der Waals surface area contributed by atoms with Crippen LogP contribution in [-0.2, 0) is 6.18 Å². The van der Waals surface area contributed by atoms with Crippen molar-refractivity contribution in [2.24, 2.45) is 0 Å². The van der Waals surface area contributed by atoms with Crippen LogP contribution in [0.5, 0.6) is 0 Å². The zero-order chi connectivity index (χ0) is 23.9. The number of amides is 1. The van der Waals surface area contributed by atoms with E-state index in [1.807, 2.05) is 6.07 Å². The van der Waals surface area contributed by atoms with Crippen LogP contribution in [0.25, 0.3) is 28.0 Å². The summed E-state index contributed by atoms with van der Waals surface area (Å²) >= 11 is 0. The average Bonchev–Trinajstić information content (AvgIpc) is 3.47. The van der Waals surface area contributed by atoms with Gasteiger partial charge in [0.2, 0.25) is 0 Å². The Morgan fingerprint density at radius 1 is 1.06 bits per heavy atom. The maximum Gasteiger partial charge on any atom is 0.416 e. The summed E-state index contributed by atoms with van der Waals surface area (Å²) in [5.74, 6) is -0.562. The van der Waals surface area contributed by atoms with E-state index in [-0.39, 0.29) is 29.6 Å². The van der Waals surface area contributed by atoms with Crippen molar-refractivity contribution in [3.05, 3.63) is 78.5 Å². The number of nitrogens with zero attached hydrogens (tertiary/aromatic N) is 5. The topological polar surface area (TPSA) is 127 Å². The smallest absolute Gasteiger partial charge is 0.383 e. The quantitative estimate of drug-likeness (QED) is 0.334. The van der Waals surface area contributed by atoms with Crippen LogP contribution in [0, 0.1) is 0 Å². The molecule has 0 atom stereocenters. The lowest BCUT2D eigenvalue weighted by atomic mass is 10.1. The molecular formula is C22H16ClF3N8O. The second-order valence-corrected chi connectivity index (χ2v) is 7.25. The Morgan fingerprint density at radius 2 is 1.83 bits per heavy atom. The van der Waals surface area contributed by atoms with Crippen LogP contribution in [-0.4, -0.2) is 35.6 Å². The Morgan fingerprint density at radius 3 is 2.51 bits per heavy atom. The molecule has 178 valence electrons. The number of anilines is 2. The lowest BCUT2D eigenvalue weighted by molar-refractivity contribution is -0.137. The van der Waals surface area contributed by atoms with E-state index < -0.39 is 17.6 Å². The van der Waals surface area contributed by atoms with E-state index in [1.54, 1.807) is 29.2 Å². The van der Waals surface area contributed by atoms with Gasteiger partial charge < -0.3 is 16.0 Å². The number of fused-ring (bicyclic) bond motifs is 1. The third-order valence-electron chi connectivity index (χ3n) is 5.07. The Labute approximate surface area is 201 Å². The van der Waals surface area contributed by atoms with Crippen molar-refractivity contribution in [2.75, 3.05) is 11.1 Å². The first kappa shape index (κ1) is 23.7. The van der Waals surface area contributed by atoms with E-state index in [0.29, 0.717) is 22.3 Å². The summed E-state index contributed by atoms with van der Waals surface area (Å²) in [6, 6.07) is 9.79. The molecule has 1 aromatic carbocycles. The molecule has 0 saturated carbocycles. The largest absolute Gasteiger partial charge is 0.416 e. The zero-order valence-electron chi connectivity index (χ0n) is 17.6. The molecule has 5 rings (SSSR count). The lowest BCUT2D eigenvalue weighted by Crippen LogP contribution is -2.14. The molecule has 0 spiro atoms. The molecule has 9 nitrogen and oxygen atoms in total. The van der Waals surface area contributed by atoms with E-state index in [2.05, 4.69) is 30.4 Å². The van der Waals surface area contributed by atoms with Crippen LogP contribution in [0.3, 0.4) is 0 Å². The first-order valence-electron chi connectivity index (χ1n) is 9.88. The summed E-state index contributed by atoms with van der Waals surface area (Å²) in [5, 5.41) is 7.56. The van der Waals surface area contributed by atoms with Crippen LogP contribution in [0.15, 0.2) is 67.4 Å². The van der Waals surface area contributed by atoms with Crippen LogP contribution in [0.2, 0.25) is 0 Å². The first-order chi connectivity index (χ1) is 16.3. The normalized spacial score (nSPS) is 11.3. The van der Waals surface area contributed by atoms with Gasteiger partial charge in [0, 0.05) is 29.7 Å². The maximum absolute atomic E-state index is 12.9. The molecule has 0 bridgehead atoms. The number of carbonyl (C=O) groups excluding carboxylic acids is 1. The van der Waals surface area contributed by atoms with Gasteiger partial charge in [-0.25, -0.2) is 19.6 Å². The van der Waals surface area contributed by atoms with Gasteiger partial charge in [0.1, 0.15) is 23.7 Å². The number of halogens is 4. The van der Waals surface area contributed by atoms with E-state index in [9.17, 15) is 18.0 Å². The van der Waals surface area contributed by atoms with Crippen molar-refractivity contribution in [1.82, 2.24) is 29.7 Å². The Balaban J connectivity index is 0.00000289. The van der Waals surface area contributed by atoms with E-state index in [1.165, 1.54) is 18.5 Å². The second kappa shape index (κ2) is 9.06. The number of hydrogen-bond donors (Lipinski definition) is 3. The maximum atomic E-state index is 12.9. The van der Waals surface area contributed by atoms with Crippen LogP contribution < -0.4 is 11.1 Å². The highest BCUT2D eigenvalue weighted by molar-refractivity contribution is 6.04. The summed E-state index contributed by atoms with van der Waals surface area (Å²) in [4.78, 5) is 27.7. The number of carbonyl (C=O) groups is 1. The van der Waals surface area contributed by atoms with Crippen LogP contribution in [0.4, 0.5) is 24.8 Å². The van der Waals surface area contributed by atoms with Gasteiger partial charge in [-0.05, 0) is 30.3 Å². The molecule has 0 saturated heterocycles. The summed E-state index contributed by atoms with van der Waals surface area (Å²) in [6.07, 6.45) is 1.30. The number of nitrogens with two attached hydrogens (primary N) is 1.